The van der Waals surface area contributed by atoms with Crippen LogP contribution in [0, 0.1) is 0 Å². The lowest BCUT2D eigenvalue weighted by molar-refractivity contribution is 0.0788. The first-order chi connectivity index (χ1) is 11.8. The van der Waals surface area contributed by atoms with Crippen LogP contribution in [0.4, 0.5) is 5.13 Å². The smallest absolute Gasteiger partial charge is 0.270 e. The molecule has 2 N–H and O–H groups in total. The van der Waals surface area contributed by atoms with Crippen molar-refractivity contribution in [2.75, 3.05) is 18.4 Å². The summed E-state index contributed by atoms with van der Waals surface area (Å²) in [6.45, 7) is 1.75. The van der Waals surface area contributed by atoms with Crippen molar-refractivity contribution in [3.05, 3.63) is 23.3 Å². The van der Waals surface area contributed by atoms with Gasteiger partial charge < -0.3 is 15.2 Å². The summed E-state index contributed by atoms with van der Waals surface area (Å²) < 4.78 is 0. The van der Waals surface area contributed by atoms with E-state index in [0.717, 1.165) is 42.3 Å². The molecule has 0 unspecified atom stereocenters. The molecule has 128 valence electrons. The van der Waals surface area contributed by atoms with Crippen molar-refractivity contribution in [1.82, 2.24) is 14.9 Å². The Morgan fingerprint density at radius 1 is 1.21 bits per heavy atom. The van der Waals surface area contributed by atoms with Gasteiger partial charge in [-0.25, -0.2) is 4.98 Å². The Morgan fingerprint density at radius 3 is 2.79 bits per heavy atom. The van der Waals surface area contributed by atoms with Gasteiger partial charge in [0.25, 0.3) is 5.91 Å². The third-order valence-corrected chi connectivity index (χ3v) is 5.81. The molecule has 0 aromatic carbocycles. The maximum atomic E-state index is 12.4. The fourth-order valence-corrected chi connectivity index (χ4v) is 4.45. The quantitative estimate of drug-likeness (QED) is 0.877. The van der Waals surface area contributed by atoms with Crippen LogP contribution in [0.5, 0.6) is 0 Å². The number of carbonyl (C=O) groups is 1. The summed E-state index contributed by atoms with van der Waals surface area (Å²) in [7, 11) is 0. The van der Waals surface area contributed by atoms with E-state index in [1.165, 1.54) is 32.1 Å². The molecule has 24 heavy (non-hydrogen) atoms. The Labute approximate surface area is 146 Å². The van der Waals surface area contributed by atoms with Gasteiger partial charge in [0, 0.05) is 36.3 Å². The number of anilines is 1. The average molecular weight is 344 g/mol. The second-order valence-corrected chi connectivity index (χ2v) is 7.68. The van der Waals surface area contributed by atoms with E-state index >= 15 is 0 Å². The van der Waals surface area contributed by atoms with Gasteiger partial charge in [0.2, 0.25) is 0 Å². The summed E-state index contributed by atoms with van der Waals surface area (Å²) in [5, 5.41) is 6.63. The number of nitrogens with zero attached hydrogens (tertiary/aromatic N) is 2. The third kappa shape index (κ3) is 3.34. The van der Waals surface area contributed by atoms with E-state index in [1.807, 2.05) is 17.2 Å². The maximum absolute atomic E-state index is 12.4. The summed E-state index contributed by atoms with van der Waals surface area (Å²) in [5.41, 5.74) is 2.60. The Balaban J connectivity index is 1.43. The van der Waals surface area contributed by atoms with Crippen LogP contribution in [0.25, 0.3) is 11.3 Å². The topological polar surface area (TPSA) is 61.0 Å². The number of thiazole rings is 1. The zero-order chi connectivity index (χ0) is 16.4. The van der Waals surface area contributed by atoms with Crippen LogP contribution < -0.4 is 5.32 Å². The van der Waals surface area contributed by atoms with E-state index in [9.17, 15) is 4.79 Å². The lowest BCUT2D eigenvalue weighted by Crippen LogP contribution is -2.27. The van der Waals surface area contributed by atoms with Gasteiger partial charge in [0.05, 0.1) is 5.69 Å². The van der Waals surface area contributed by atoms with Crippen LogP contribution in [0.3, 0.4) is 0 Å². The van der Waals surface area contributed by atoms with Crippen molar-refractivity contribution in [1.29, 1.82) is 0 Å². The van der Waals surface area contributed by atoms with Gasteiger partial charge in [0.15, 0.2) is 5.13 Å². The molecular weight excluding hydrogens is 320 g/mol. The molecule has 0 radical (unpaired) electrons. The second-order valence-electron chi connectivity index (χ2n) is 6.82. The lowest BCUT2D eigenvalue weighted by atomic mass is 9.96. The van der Waals surface area contributed by atoms with Crippen molar-refractivity contribution in [3.8, 4) is 11.3 Å². The number of carbonyl (C=O) groups excluding carboxylic acids is 1. The second kappa shape index (κ2) is 6.97. The molecule has 2 fully saturated rings. The molecule has 0 atom stereocenters. The zero-order valence-electron chi connectivity index (χ0n) is 13.9. The number of nitrogens with one attached hydrogen (secondary N) is 2. The fourth-order valence-electron chi connectivity index (χ4n) is 3.65. The minimum Gasteiger partial charge on any atom is -0.359 e. The third-order valence-electron chi connectivity index (χ3n) is 5.04. The van der Waals surface area contributed by atoms with E-state index in [0.29, 0.717) is 11.7 Å². The number of aromatic amines is 1. The molecule has 4 rings (SSSR count). The number of hydrogen-bond donors (Lipinski definition) is 2. The largest absolute Gasteiger partial charge is 0.359 e. The summed E-state index contributed by atoms with van der Waals surface area (Å²) >= 11 is 1.65. The molecule has 2 aliphatic rings. The first kappa shape index (κ1) is 15.7. The van der Waals surface area contributed by atoms with Crippen LogP contribution in [-0.4, -0.2) is 39.9 Å². The predicted octanol–water partition coefficient (Wildman–Crippen LogP) is 4.12. The maximum Gasteiger partial charge on any atom is 0.270 e. The summed E-state index contributed by atoms with van der Waals surface area (Å²) in [6, 6.07) is 2.50. The van der Waals surface area contributed by atoms with Crippen molar-refractivity contribution in [2.45, 2.75) is 51.0 Å². The van der Waals surface area contributed by atoms with Gasteiger partial charge >= 0.3 is 0 Å². The van der Waals surface area contributed by atoms with Crippen LogP contribution in [-0.2, 0) is 0 Å². The highest BCUT2D eigenvalue weighted by atomic mass is 32.1. The minimum atomic E-state index is 0.106. The van der Waals surface area contributed by atoms with Crippen molar-refractivity contribution in [2.24, 2.45) is 0 Å². The number of H-pyrrole nitrogens is 1. The first-order valence-electron chi connectivity index (χ1n) is 9.00. The molecule has 0 bridgehead atoms. The Hall–Kier alpha value is -1.82. The lowest BCUT2D eigenvalue weighted by Gasteiger charge is -2.22. The Morgan fingerprint density at radius 2 is 2.00 bits per heavy atom. The van der Waals surface area contributed by atoms with Crippen LogP contribution >= 0.6 is 11.3 Å². The van der Waals surface area contributed by atoms with Crippen molar-refractivity contribution in [3.63, 3.8) is 0 Å². The first-order valence-corrected chi connectivity index (χ1v) is 9.88. The van der Waals surface area contributed by atoms with Gasteiger partial charge in [0.1, 0.15) is 5.69 Å². The molecule has 2 aromatic heterocycles. The van der Waals surface area contributed by atoms with Gasteiger partial charge in [-0.15, -0.1) is 11.3 Å². The number of amides is 1. The monoisotopic (exact) mass is 344 g/mol. The molecule has 6 heteroatoms. The van der Waals surface area contributed by atoms with Crippen LogP contribution in [0.1, 0.15) is 55.4 Å². The van der Waals surface area contributed by atoms with Gasteiger partial charge in [-0.2, -0.15) is 0 Å². The molecule has 0 spiro atoms. The van der Waals surface area contributed by atoms with Crippen molar-refractivity contribution < 1.29 is 4.79 Å². The number of likely N-dealkylation sites (tertiary alicyclic amines) is 1. The van der Waals surface area contributed by atoms with Crippen molar-refractivity contribution >= 4 is 22.4 Å². The number of hydrogen-bond acceptors (Lipinski definition) is 4. The summed E-state index contributed by atoms with van der Waals surface area (Å²) in [4.78, 5) is 22.2. The minimum absolute atomic E-state index is 0.106. The Bertz CT molecular complexity index is 695. The van der Waals surface area contributed by atoms with E-state index < -0.39 is 0 Å². The molecule has 1 amide bonds. The normalized spacial score (nSPS) is 18.9. The van der Waals surface area contributed by atoms with Crippen LogP contribution in [0.15, 0.2) is 17.6 Å². The van der Waals surface area contributed by atoms with E-state index in [1.54, 1.807) is 11.3 Å². The van der Waals surface area contributed by atoms with Gasteiger partial charge in [-0.3, -0.25) is 4.79 Å². The number of aromatic nitrogens is 2. The molecule has 2 aromatic rings. The standard InChI is InChI=1S/C18H24N4OS/c23-17(22-8-4-5-9-22)15-10-13(11-19-15)16-12-24-18(21-16)20-14-6-2-1-3-7-14/h10-12,14,19H,1-9H2,(H,20,21). The Kier molecular flexibility index (Phi) is 4.56. The highest BCUT2D eigenvalue weighted by Gasteiger charge is 2.21. The molecule has 3 heterocycles. The van der Waals surface area contributed by atoms with Gasteiger partial charge in [-0.05, 0) is 31.7 Å². The SMILES string of the molecule is O=C(c1cc(-c2csc(NC3CCCCC3)n2)c[nH]1)N1CCCC1. The molecule has 5 nitrogen and oxygen atoms in total. The molecule has 1 saturated carbocycles. The number of rotatable bonds is 4. The zero-order valence-corrected chi connectivity index (χ0v) is 14.7. The molecule has 1 saturated heterocycles. The van der Waals surface area contributed by atoms with Crippen LogP contribution in [0.2, 0.25) is 0 Å². The average Bonchev–Trinajstić information content (AvgIpc) is 3.36. The fraction of sp³-hybridized carbons (Fsp3) is 0.556. The molecular formula is C18H24N4OS. The molecule has 1 aliphatic carbocycles. The summed E-state index contributed by atoms with van der Waals surface area (Å²) in [6.07, 6.45) is 10.6. The van der Waals surface area contributed by atoms with E-state index in [2.05, 4.69) is 15.7 Å². The van der Waals surface area contributed by atoms with E-state index in [4.69, 9.17) is 4.98 Å². The molecule has 1 aliphatic heterocycles. The summed E-state index contributed by atoms with van der Waals surface area (Å²) in [5.74, 6) is 0.106. The highest BCUT2D eigenvalue weighted by molar-refractivity contribution is 7.14. The predicted molar refractivity (Wildman–Crippen MR) is 97.5 cm³/mol. The van der Waals surface area contributed by atoms with E-state index in [-0.39, 0.29) is 5.91 Å². The highest BCUT2D eigenvalue weighted by Crippen LogP contribution is 2.28. The van der Waals surface area contributed by atoms with Gasteiger partial charge in [-0.1, -0.05) is 19.3 Å².